The molecule has 2 aromatic rings. The summed E-state index contributed by atoms with van der Waals surface area (Å²) in [5, 5.41) is 15.7. The van der Waals surface area contributed by atoms with Crippen molar-refractivity contribution in [1.29, 1.82) is 0 Å². The summed E-state index contributed by atoms with van der Waals surface area (Å²) in [6, 6.07) is 13.2. The number of hydrogen-bond donors (Lipinski definition) is 1. The number of carbonyl (C=O) groups is 1. The Morgan fingerprint density at radius 2 is 2.07 bits per heavy atom. The highest BCUT2D eigenvalue weighted by Gasteiger charge is 2.58. The number of fused-ring (bicyclic) bond motifs is 3. The maximum Gasteiger partial charge on any atom is 0.417 e. The lowest BCUT2D eigenvalue weighted by Crippen LogP contribution is -2.54. The number of nitrogens with one attached hydrogen (secondary N) is 1. The zero-order valence-electron chi connectivity index (χ0n) is 16.2. The molecule has 1 N–H and O–H groups in total. The molecule has 27 heavy (non-hydrogen) atoms. The molecule has 0 saturated carbocycles. The van der Waals surface area contributed by atoms with Crippen molar-refractivity contribution in [3.05, 3.63) is 58.8 Å². The molecule has 0 aromatic heterocycles. The van der Waals surface area contributed by atoms with Gasteiger partial charge in [-0.05, 0) is 49.2 Å². The first-order valence-electron chi connectivity index (χ1n) is 9.20. The van der Waals surface area contributed by atoms with E-state index in [0.717, 1.165) is 28.9 Å². The van der Waals surface area contributed by atoms with Crippen LogP contribution in [-0.2, 0) is 5.41 Å². The third kappa shape index (κ3) is 2.76. The molecule has 3 atom stereocenters. The van der Waals surface area contributed by atoms with E-state index in [1.54, 1.807) is 13.1 Å². The van der Waals surface area contributed by atoms with Crippen molar-refractivity contribution in [2.24, 2.45) is 0 Å². The van der Waals surface area contributed by atoms with E-state index in [4.69, 9.17) is 4.74 Å². The van der Waals surface area contributed by atoms with Crippen LogP contribution in [-0.4, -0.2) is 37.5 Å². The third-order valence-electron chi connectivity index (χ3n) is 6.08. The van der Waals surface area contributed by atoms with Crippen LogP contribution in [0.15, 0.2) is 42.5 Å². The number of quaternary nitrogens is 1. The molecule has 1 unspecified atom stereocenters. The van der Waals surface area contributed by atoms with Gasteiger partial charge in [0.15, 0.2) is 6.17 Å². The first-order chi connectivity index (χ1) is 12.7. The monoisotopic (exact) mass is 367 g/mol. The van der Waals surface area contributed by atoms with Crippen LogP contribution in [0.2, 0.25) is 0 Å². The number of hydroxylamine groups is 3. The number of benzene rings is 2. The molecule has 2 aliphatic heterocycles. The summed E-state index contributed by atoms with van der Waals surface area (Å²) in [7, 11) is 3.71. The summed E-state index contributed by atoms with van der Waals surface area (Å²) in [6.45, 7) is 4.66. The smallest absolute Gasteiger partial charge is 0.417 e. The number of para-hydroxylation sites is 1. The van der Waals surface area contributed by atoms with Crippen LogP contribution >= 0.6 is 0 Å². The van der Waals surface area contributed by atoms with Crippen molar-refractivity contribution < 1.29 is 14.2 Å². The Morgan fingerprint density at radius 1 is 1.33 bits per heavy atom. The molecule has 142 valence electrons. The van der Waals surface area contributed by atoms with E-state index in [2.05, 4.69) is 17.1 Å². The molecule has 2 heterocycles. The van der Waals surface area contributed by atoms with Gasteiger partial charge < -0.3 is 19.5 Å². The van der Waals surface area contributed by atoms with Gasteiger partial charge in [0.05, 0.1) is 19.0 Å². The predicted octanol–water partition coefficient (Wildman–Crippen LogP) is 3.99. The molecule has 1 amide bonds. The second kappa shape index (κ2) is 5.97. The number of amides is 1. The van der Waals surface area contributed by atoms with Gasteiger partial charge in [-0.2, -0.15) is 0 Å². The standard InChI is InChI=1S/C21H25N3O3/c1-14-7-5-6-8-17(14)22-20(25)27-15-9-10-18-16(13-15)21(2)11-12-24(4,26)19(21)23(18)3/h5-10,13,19H,11-12H2,1-4H3,(H,22,25)/t19-,21-,24?/m0/s1. The fourth-order valence-electron chi connectivity index (χ4n) is 4.81. The van der Waals surface area contributed by atoms with Crippen LogP contribution in [0, 0.1) is 12.1 Å². The molecule has 4 rings (SSSR count). The summed E-state index contributed by atoms with van der Waals surface area (Å²) in [4.78, 5) is 14.4. The van der Waals surface area contributed by atoms with Gasteiger partial charge in [-0.1, -0.05) is 18.2 Å². The quantitative estimate of drug-likeness (QED) is 0.644. The van der Waals surface area contributed by atoms with Gasteiger partial charge in [0, 0.05) is 24.8 Å². The van der Waals surface area contributed by atoms with Crippen LogP contribution in [0.3, 0.4) is 0 Å². The number of nitrogens with zero attached hydrogens (tertiary/aromatic N) is 2. The number of ether oxygens (including phenoxy) is 1. The molecule has 0 spiro atoms. The van der Waals surface area contributed by atoms with Crippen molar-refractivity contribution >= 4 is 17.5 Å². The minimum Gasteiger partial charge on any atom is -0.631 e. The lowest BCUT2D eigenvalue weighted by atomic mass is 9.81. The Hall–Kier alpha value is -2.57. The van der Waals surface area contributed by atoms with E-state index in [1.165, 1.54) is 0 Å². The molecule has 0 radical (unpaired) electrons. The van der Waals surface area contributed by atoms with Crippen LogP contribution in [0.25, 0.3) is 0 Å². The Balaban J connectivity index is 1.58. The number of likely N-dealkylation sites (N-methyl/N-ethyl adjacent to an activating group) is 2. The van der Waals surface area contributed by atoms with Gasteiger partial charge in [-0.3, -0.25) is 5.32 Å². The van der Waals surface area contributed by atoms with Crippen molar-refractivity contribution in [2.75, 3.05) is 30.9 Å². The molecule has 2 aromatic carbocycles. The molecular weight excluding hydrogens is 342 g/mol. The first-order valence-corrected chi connectivity index (χ1v) is 9.20. The van der Waals surface area contributed by atoms with Crippen LogP contribution in [0.4, 0.5) is 16.2 Å². The van der Waals surface area contributed by atoms with E-state index in [0.29, 0.717) is 12.3 Å². The number of likely N-dealkylation sites (tertiary alicyclic amines) is 1. The summed E-state index contributed by atoms with van der Waals surface area (Å²) < 4.78 is 5.26. The summed E-state index contributed by atoms with van der Waals surface area (Å²) in [6.07, 6.45) is 0.144. The van der Waals surface area contributed by atoms with Gasteiger partial charge >= 0.3 is 6.09 Å². The van der Waals surface area contributed by atoms with Gasteiger partial charge in [-0.15, -0.1) is 0 Å². The Kier molecular flexibility index (Phi) is 3.94. The SMILES string of the molecule is Cc1ccccc1NC(=O)Oc1ccc2c(c1)[C@]1(C)CC[N+](C)([O-])[C@@H]1N2C. The van der Waals surface area contributed by atoms with Gasteiger partial charge in [0.1, 0.15) is 5.75 Å². The van der Waals surface area contributed by atoms with Gasteiger partial charge in [0.25, 0.3) is 0 Å². The lowest BCUT2D eigenvalue weighted by Gasteiger charge is -2.44. The minimum atomic E-state index is -0.520. The number of anilines is 2. The van der Waals surface area contributed by atoms with Gasteiger partial charge in [0.2, 0.25) is 0 Å². The molecule has 1 fully saturated rings. The van der Waals surface area contributed by atoms with E-state index in [1.807, 2.05) is 50.4 Å². The summed E-state index contributed by atoms with van der Waals surface area (Å²) >= 11 is 0. The molecule has 2 aliphatic rings. The molecule has 6 nitrogen and oxygen atoms in total. The highest BCUT2D eigenvalue weighted by molar-refractivity contribution is 5.87. The molecular formula is C21H25N3O3. The van der Waals surface area contributed by atoms with Crippen molar-refractivity contribution in [2.45, 2.75) is 31.8 Å². The summed E-state index contributed by atoms with van der Waals surface area (Å²) in [5.74, 6) is 0.488. The fourth-order valence-corrected chi connectivity index (χ4v) is 4.81. The highest BCUT2D eigenvalue weighted by atomic mass is 16.6. The molecule has 0 bridgehead atoms. The maximum atomic E-state index is 12.9. The molecule has 1 saturated heterocycles. The average molecular weight is 367 g/mol. The first kappa shape index (κ1) is 17.8. The average Bonchev–Trinajstić information content (AvgIpc) is 2.99. The van der Waals surface area contributed by atoms with E-state index in [-0.39, 0.29) is 16.2 Å². The predicted molar refractivity (Wildman–Crippen MR) is 106 cm³/mol. The Labute approximate surface area is 159 Å². The summed E-state index contributed by atoms with van der Waals surface area (Å²) in [5.41, 5.74) is 3.57. The van der Waals surface area contributed by atoms with Crippen LogP contribution in [0.1, 0.15) is 24.5 Å². The second-order valence-electron chi connectivity index (χ2n) is 8.06. The molecule has 6 heteroatoms. The third-order valence-corrected chi connectivity index (χ3v) is 6.08. The minimum absolute atomic E-state index is 0.149. The van der Waals surface area contributed by atoms with Crippen molar-refractivity contribution in [1.82, 2.24) is 0 Å². The van der Waals surface area contributed by atoms with Gasteiger partial charge in [-0.25, -0.2) is 4.79 Å². The van der Waals surface area contributed by atoms with Crippen molar-refractivity contribution in [3.8, 4) is 5.75 Å². The number of aryl methyl sites for hydroxylation is 1. The number of carbonyl (C=O) groups excluding carboxylic acids is 1. The Bertz CT molecular complexity index is 911. The van der Waals surface area contributed by atoms with Crippen LogP contribution in [0.5, 0.6) is 5.75 Å². The van der Waals surface area contributed by atoms with E-state index >= 15 is 0 Å². The van der Waals surface area contributed by atoms with E-state index < -0.39 is 6.09 Å². The van der Waals surface area contributed by atoms with Crippen LogP contribution < -0.4 is 15.0 Å². The number of hydrogen-bond acceptors (Lipinski definition) is 4. The zero-order chi connectivity index (χ0) is 19.4. The normalized spacial score (nSPS) is 28.6. The highest BCUT2D eigenvalue weighted by Crippen LogP contribution is 2.54. The molecule has 0 aliphatic carbocycles. The fraction of sp³-hybridized carbons (Fsp3) is 0.381. The van der Waals surface area contributed by atoms with Crippen molar-refractivity contribution in [3.63, 3.8) is 0 Å². The van der Waals surface area contributed by atoms with E-state index in [9.17, 15) is 10.0 Å². The topological polar surface area (TPSA) is 64.6 Å². The zero-order valence-corrected chi connectivity index (χ0v) is 16.2. The number of rotatable bonds is 2. The maximum absolute atomic E-state index is 12.9. The second-order valence-corrected chi connectivity index (χ2v) is 8.06. The Morgan fingerprint density at radius 3 is 2.81 bits per heavy atom. The largest absolute Gasteiger partial charge is 0.631 e. The lowest BCUT2D eigenvalue weighted by molar-refractivity contribution is -0.874.